The molecule has 1 N–H and O–H groups in total. The summed E-state index contributed by atoms with van der Waals surface area (Å²) in [6.07, 6.45) is 3.61. The van der Waals surface area contributed by atoms with Gasteiger partial charge in [0.25, 0.3) is 5.91 Å². The van der Waals surface area contributed by atoms with Crippen molar-refractivity contribution in [2.24, 2.45) is 0 Å². The number of nitriles is 1. The summed E-state index contributed by atoms with van der Waals surface area (Å²) in [4.78, 5) is 12.2. The average Bonchev–Trinajstić information content (AvgIpc) is 2.64. The number of rotatable bonds is 4. The van der Waals surface area contributed by atoms with E-state index in [9.17, 15) is 4.79 Å². The first-order chi connectivity index (χ1) is 12.2. The lowest BCUT2D eigenvalue weighted by molar-refractivity contribution is 0.0894. The smallest absolute Gasteiger partial charge is 0.251 e. The molecule has 0 bridgehead atoms. The van der Waals surface area contributed by atoms with Gasteiger partial charge in [0.2, 0.25) is 0 Å². The fourth-order valence-corrected chi connectivity index (χ4v) is 3.25. The van der Waals surface area contributed by atoms with Crippen LogP contribution in [0.15, 0.2) is 48.5 Å². The molecule has 0 aliphatic heterocycles. The summed E-state index contributed by atoms with van der Waals surface area (Å²) in [6, 6.07) is 16.6. The number of hydrogen-bond donors (Lipinski definition) is 1. The van der Waals surface area contributed by atoms with Crippen LogP contribution < -0.4 is 10.1 Å². The Kier molecular flexibility index (Phi) is 5.57. The molecule has 1 amide bonds. The molecule has 5 heteroatoms. The van der Waals surface area contributed by atoms with Gasteiger partial charge in [-0.3, -0.25) is 4.79 Å². The quantitative estimate of drug-likeness (QED) is 0.888. The Morgan fingerprint density at radius 1 is 1.12 bits per heavy atom. The Labute approximate surface area is 152 Å². The van der Waals surface area contributed by atoms with E-state index in [0.717, 1.165) is 25.7 Å². The number of nitrogens with zero attached hydrogens (tertiary/aromatic N) is 1. The number of amides is 1. The van der Waals surface area contributed by atoms with Gasteiger partial charge >= 0.3 is 0 Å². The number of carbonyl (C=O) groups excluding carboxylic acids is 1. The summed E-state index contributed by atoms with van der Waals surface area (Å²) >= 11 is 6.04. The van der Waals surface area contributed by atoms with Crippen LogP contribution in [-0.2, 0) is 0 Å². The number of hydrogen-bond acceptors (Lipinski definition) is 3. The number of halogens is 1. The number of benzene rings is 2. The van der Waals surface area contributed by atoms with E-state index in [1.54, 1.807) is 18.2 Å². The highest BCUT2D eigenvalue weighted by Crippen LogP contribution is 2.27. The van der Waals surface area contributed by atoms with Gasteiger partial charge in [-0.1, -0.05) is 29.8 Å². The molecule has 3 rings (SSSR count). The van der Waals surface area contributed by atoms with Crippen LogP contribution >= 0.6 is 11.6 Å². The van der Waals surface area contributed by atoms with E-state index in [0.29, 0.717) is 21.9 Å². The van der Waals surface area contributed by atoms with Gasteiger partial charge in [0, 0.05) is 17.7 Å². The average molecular weight is 355 g/mol. The molecule has 1 aliphatic rings. The van der Waals surface area contributed by atoms with E-state index < -0.39 is 0 Å². The Balaban J connectivity index is 1.50. The highest BCUT2D eigenvalue weighted by molar-refractivity contribution is 6.31. The molecular weight excluding hydrogens is 336 g/mol. The minimum absolute atomic E-state index is 0.0242. The first-order valence-electron chi connectivity index (χ1n) is 8.38. The third-order valence-electron chi connectivity index (χ3n) is 4.41. The van der Waals surface area contributed by atoms with Crippen LogP contribution in [0.1, 0.15) is 41.6 Å². The highest BCUT2D eigenvalue weighted by Gasteiger charge is 2.24. The molecule has 1 fully saturated rings. The monoisotopic (exact) mass is 354 g/mol. The minimum atomic E-state index is -0.0242. The van der Waals surface area contributed by atoms with Crippen LogP contribution in [0.2, 0.25) is 5.02 Å². The second-order valence-electron chi connectivity index (χ2n) is 6.18. The minimum Gasteiger partial charge on any atom is -0.490 e. The van der Waals surface area contributed by atoms with Gasteiger partial charge in [0.1, 0.15) is 11.8 Å². The van der Waals surface area contributed by atoms with E-state index in [2.05, 4.69) is 5.32 Å². The highest BCUT2D eigenvalue weighted by atomic mass is 35.5. The molecule has 1 aliphatic carbocycles. The third-order valence-corrected chi connectivity index (χ3v) is 4.72. The molecule has 0 unspecified atom stereocenters. The maximum absolute atomic E-state index is 12.2. The van der Waals surface area contributed by atoms with Crippen LogP contribution in [0.25, 0.3) is 0 Å². The number of carbonyl (C=O) groups is 1. The second-order valence-corrected chi connectivity index (χ2v) is 6.59. The van der Waals surface area contributed by atoms with Crippen molar-refractivity contribution in [3.05, 3.63) is 64.7 Å². The van der Waals surface area contributed by atoms with Gasteiger partial charge in [-0.2, -0.15) is 5.26 Å². The Hall–Kier alpha value is -2.51. The molecule has 0 saturated heterocycles. The molecular formula is C20H19ClN2O2. The van der Waals surface area contributed by atoms with E-state index in [-0.39, 0.29) is 18.1 Å². The van der Waals surface area contributed by atoms with Gasteiger partial charge < -0.3 is 10.1 Å². The van der Waals surface area contributed by atoms with Crippen molar-refractivity contribution in [1.29, 1.82) is 5.26 Å². The summed E-state index contributed by atoms with van der Waals surface area (Å²) < 4.78 is 5.97. The largest absolute Gasteiger partial charge is 0.490 e. The second kappa shape index (κ2) is 8.04. The molecule has 0 atom stereocenters. The lowest BCUT2D eigenvalue weighted by Crippen LogP contribution is -2.39. The van der Waals surface area contributed by atoms with E-state index in [1.807, 2.05) is 36.4 Å². The lowest BCUT2D eigenvalue weighted by Gasteiger charge is -2.29. The summed E-state index contributed by atoms with van der Waals surface area (Å²) in [5.41, 5.74) is 1.13. The molecule has 4 nitrogen and oxygen atoms in total. The van der Waals surface area contributed by atoms with Gasteiger partial charge in [-0.05, 0) is 49.9 Å². The molecule has 0 heterocycles. The van der Waals surface area contributed by atoms with Gasteiger partial charge in [0.05, 0.1) is 16.7 Å². The third kappa shape index (κ3) is 4.52. The van der Waals surface area contributed by atoms with Crippen molar-refractivity contribution >= 4 is 17.5 Å². The molecule has 0 radical (unpaired) electrons. The summed E-state index contributed by atoms with van der Waals surface area (Å²) in [5, 5.41) is 12.4. The van der Waals surface area contributed by atoms with Gasteiger partial charge in [-0.15, -0.1) is 0 Å². The zero-order valence-electron chi connectivity index (χ0n) is 13.7. The van der Waals surface area contributed by atoms with Crippen molar-refractivity contribution < 1.29 is 9.53 Å². The molecule has 0 aromatic heterocycles. The zero-order valence-corrected chi connectivity index (χ0v) is 14.5. The number of ether oxygens (including phenoxy) is 1. The van der Waals surface area contributed by atoms with Crippen molar-refractivity contribution in [1.82, 2.24) is 5.32 Å². The number of nitrogens with one attached hydrogen (secondary N) is 1. The maximum Gasteiger partial charge on any atom is 0.251 e. The predicted octanol–water partition coefficient (Wildman–Crippen LogP) is 4.33. The summed E-state index contributed by atoms with van der Waals surface area (Å²) in [6.45, 7) is 0. The van der Waals surface area contributed by atoms with E-state index in [4.69, 9.17) is 21.6 Å². The normalized spacial score (nSPS) is 19.7. The molecule has 25 heavy (non-hydrogen) atoms. The maximum atomic E-state index is 12.2. The topological polar surface area (TPSA) is 62.1 Å². The standard InChI is InChI=1S/C20H19ClN2O2/c21-19-12-18(9-6-15(19)13-22)25-17-10-7-16(8-11-17)23-20(24)14-4-2-1-3-5-14/h1-6,9,12,16-17H,7-8,10-11H2,(H,23,24). The van der Waals surface area contributed by atoms with Crippen molar-refractivity contribution in [3.8, 4) is 11.8 Å². The van der Waals surface area contributed by atoms with Crippen LogP contribution in [-0.4, -0.2) is 18.1 Å². The Morgan fingerprint density at radius 2 is 1.84 bits per heavy atom. The Bertz CT molecular complexity index is 778. The molecule has 1 saturated carbocycles. The molecule has 2 aromatic carbocycles. The van der Waals surface area contributed by atoms with Crippen molar-refractivity contribution in [2.75, 3.05) is 0 Å². The SMILES string of the molecule is N#Cc1ccc(OC2CCC(NC(=O)c3ccccc3)CC2)cc1Cl. The van der Waals surface area contributed by atoms with Gasteiger partial charge in [-0.25, -0.2) is 0 Å². The fourth-order valence-electron chi connectivity index (χ4n) is 3.04. The van der Waals surface area contributed by atoms with Gasteiger partial charge in [0.15, 0.2) is 0 Å². The van der Waals surface area contributed by atoms with E-state index >= 15 is 0 Å². The van der Waals surface area contributed by atoms with Crippen molar-refractivity contribution in [2.45, 2.75) is 37.8 Å². The summed E-state index contributed by atoms with van der Waals surface area (Å²) in [7, 11) is 0. The van der Waals surface area contributed by atoms with Crippen LogP contribution in [0.4, 0.5) is 0 Å². The van der Waals surface area contributed by atoms with Crippen molar-refractivity contribution in [3.63, 3.8) is 0 Å². The fraction of sp³-hybridized carbons (Fsp3) is 0.300. The van der Waals surface area contributed by atoms with Crippen LogP contribution in [0.3, 0.4) is 0 Å². The molecule has 2 aromatic rings. The van der Waals surface area contributed by atoms with Crippen LogP contribution in [0.5, 0.6) is 5.75 Å². The first-order valence-corrected chi connectivity index (χ1v) is 8.75. The molecule has 0 spiro atoms. The van der Waals surface area contributed by atoms with Crippen LogP contribution in [0, 0.1) is 11.3 Å². The Morgan fingerprint density at radius 3 is 2.48 bits per heavy atom. The van der Waals surface area contributed by atoms with E-state index in [1.165, 1.54) is 0 Å². The summed E-state index contributed by atoms with van der Waals surface area (Å²) in [5.74, 6) is 0.657. The first kappa shape index (κ1) is 17.3. The zero-order chi connectivity index (χ0) is 17.6. The molecule has 128 valence electrons. The predicted molar refractivity (Wildman–Crippen MR) is 96.7 cm³/mol. The lowest BCUT2D eigenvalue weighted by atomic mass is 9.92.